The number of imidazole rings is 1. The second kappa shape index (κ2) is 8.75. The van der Waals surface area contributed by atoms with Gasteiger partial charge >= 0.3 is 0 Å². The lowest BCUT2D eigenvalue weighted by Gasteiger charge is -2.21. The van der Waals surface area contributed by atoms with Gasteiger partial charge in [0.15, 0.2) is 0 Å². The van der Waals surface area contributed by atoms with E-state index in [2.05, 4.69) is 29.7 Å². The average Bonchev–Trinajstić information content (AvgIpc) is 2.90. The zero-order valence-electron chi connectivity index (χ0n) is 15.6. The van der Waals surface area contributed by atoms with Crippen molar-refractivity contribution in [3.8, 4) is 0 Å². The van der Waals surface area contributed by atoms with E-state index >= 15 is 0 Å². The number of anilines is 1. The van der Waals surface area contributed by atoms with E-state index in [9.17, 15) is 4.79 Å². The molecule has 3 rings (SSSR count). The van der Waals surface area contributed by atoms with Gasteiger partial charge in [-0.15, -0.1) is 0 Å². The summed E-state index contributed by atoms with van der Waals surface area (Å²) in [6, 6.07) is 0. The average molecular weight is 357 g/mol. The lowest BCUT2D eigenvalue weighted by Crippen LogP contribution is -2.31. The zero-order valence-corrected chi connectivity index (χ0v) is 15.6. The lowest BCUT2D eigenvalue weighted by atomic mass is 10.3. The van der Waals surface area contributed by atoms with Gasteiger partial charge < -0.3 is 19.7 Å². The minimum atomic E-state index is -0.0936. The van der Waals surface area contributed by atoms with E-state index in [0.29, 0.717) is 12.2 Å². The first-order valence-electron chi connectivity index (χ1n) is 9.16. The van der Waals surface area contributed by atoms with Crippen LogP contribution in [0.5, 0.6) is 0 Å². The lowest BCUT2D eigenvalue weighted by molar-refractivity contribution is 0.0785. The Labute approximate surface area is 154 Å². The molecule has 0 radical (unpaired) electrons. The Kier molecular flexibility index (Phi) is 6.17. The first-order chi connectivity index (χ1) is 12.6. The van der Waals surface area contributed by atoms with Crippen molar-refractivity contribution in [2.45, 2.75) is 26.3 Å². The van der Waals surface area contributed by atoms with Crippen LogP contribution in [0.15, 0.2) is 24.8 Å². The predicted octanol–water partition coefficient (Wildman–Crippen LogP) is 0.944. The molecular weight excluding hydrogens is 330 g/mol. The molecule has 1 aliphatic heterocycles. The third-order valence-electron chi connectivity index (χ3n) is 4.68. The number of amides is 1. The molecule has 0 bridgehead atoms. The van der Waals surface area contributed by atoms with Crippen molar-refractivity contribution in [1.82, 2.24) is 29.7 Å². The molecule has 0 aliphatic carbocycles. The highest BCUT2D eigenvalue weighted by molar-refractivity contribution is 5.91. The standard InChI is InChI=1S/C18H27N7O/c1-15-20-7-12-24(15)10-4-8-23(2)18(26)16-13-22-17(14-21-16)25-9-3-5-19-6-11-25/h7,12-14,19H,3-6,8-11H2,1-2H3. The summed E-state index contributed by atoms with van der Waals surface area (Å²) in [7, 11) is 1.80. The van der Waals surface area contributed by atoms with Gasteiger partial charge in [0.1, 0.15) is 17.3 Å². The van der Waals surface area contributed by atoms with Gasteiger partial charge in [0, 0.05) is 52.2 Å². The van der Waals surface area contributed by atoms with Crippen molar-refractivity contribution in [1.29, 1.82) is 0 Å². The highest BCUT2D eigenvalue weighted by Crippen LogP contribution is 2.11. The highest BCUT2D eigenvalue weighted by Gasteiger charge is 2.16. The Hall–Kier alpha value is -2.48. The molecular formula is C18H27N7O. The van der Waals surface area contributed by atoms with Crippen LogP contribution in [0, 0.1) is 6.92 Å². The maximum atomic E-state index is 12.5. The maximum Gasteiger partial charge on any atom is 0.273 e. The Morgan fingerprint density at radius 1 is 1.23 bits per heavy atom. The molecule has 8 heteroatoms. The minimum absolute atomic E-state index is 0.0936. The number of aryl methyl sites for hydroxylation is 2. The summed E-state index contributed by atoms with van der Waals surface area (Å²) in [6.07, 6.45) is 9.00. The molecule has 0 atom stereocenters. The summed E-state index contributed by atoms with van der Waals surface area (Å²) in [5, 5.41) is 3.37. The molecule has 1 saturated heterocycles. The molecule has 1 aliphatic rings. The quantitative estimate of drug-likeness (QED) is 0.829. The van der Waals surface area contributed by atoms with Gasteiger partial charge in [0.25, 0.3) is 5.91 Å². The highest BCUT2D eigenvalue weighted by atomic mass is 16.2. The fourth-order valence-electron chi connectivity index (χ4n) is 3.09. The summed E-state index contributed by atoms with van der Waals surface area (Å²) in [5.74, 6) is 1.73. The van der Waals surface area contributed by atoms with Crippen LogP contribution in [0.4, 0.5) is 5.82 Å². The van der Waals surface area contributed by atoms with E-state index in [1.54, 1.807) is 30.5 Å². The predicted molar refractivity (Wildman–Crippen MR) is 100 cm³/mol. The van der Waals surface area contributed by atoms with Crippen molar-refractivity contribution in [2.24, 2.45) is 0 Å². The monoisotopic (exact) mass is 357 g/mol. The first-order valence-corrected chi connectivity index (χ1v) is 9.16. The molecule has 0 spiro atoms. The summed E-state index contributed by atoms with van der Waals surface area (Å²) < 4.78 is 2.09. The smallest absolute Gasteiger partial charge is 0.273 e. The summed E-state index contributed by atoms with van der Waals surface area (Å²) in [5.41, 5.74) is 0.392. The van der Waals surface area contributed by atoms with Crippen molar-refractivity contribution >= 4 is 11.7 Å². The van der Waals surface area contributed by atoms with Crippen molar-refractivity contribution < 1.29 is 4.79 Å². The molecule has 0 unspecified atom stereocenters. The van der Waals surface area contributed by atoms with Gasteiger partial charge in [0.05, 0.1) is 12.4 Å². The third-order valence-corrected chi connectivity index (χ3v) is 4.68. The van der Waals surface area contributed by atoms with E-state index in [4.69, 9.17) is 0 Å². The number of carbonyl (C=O) groups excluding carboxylic acids is 1. The largest absolute Gasteiger partial charge is 0.354 e. The van der Waals surface area contributed by atoms with E-state index in [1.165, 1.54) is 0 Å². The number of aromatic nitrogens is 4. The normalized spacial score (nSPS) is 14.9. The van der Waals surface area contributed by atoms with E-state index in [0.717, 1.165) is 57.2 Å². The first kappa shape index (κ1) is 18.3. The zero-order chi connectivity index (χ0) is 18.4. The second-order valence-electron chi connectivity index (χ2n) is 6.60. The number of rotatable bonds is 6. The van der Waals surface area contributed by atoms with Crippen LogP contribution in [0.2, 0.25) is 0 Å². The van der Waals surface area contributed by atoms with Crippen molar-refractivity contribution in [3.63, 3.8) is 0 Å². The molecule has 3 heterocycles. The van der Waals surface area contributed by atoms with Gasteiger partial charge in [-0.05, 0) is 26.3 Å². The van der Waals surface area contributed by atoms with Crippen LogP contribution >= 0.6 is 0 Å². The molecule has 140 valence electrons. The van der Waals surface area contributed by atoms with Crippen LogP contribution in [-0.2, 0) is 6.54 Å². The minimum Gasteiger partial charge on any atom is -0.354 e. The molecule has 0 saturated carbocycles. The Balaban J connectivity index is 1.52. The number of hydrogen-bond donors (Lipinski definition) is 1. The van der Waals surface area contributed by atoms with E-state index in [-0.39, 0.29) is 5.91 Å². The van der Waals surface area contributed by atoms with Crippen molar-refractivity contribution in [3.05, 3.63) is 36.3 Å². The SMILES string of the molecule is Cc1nccn1CCCN(C)C(=O)c1cnc(N2CCCNCC2)cn1. The summed E-state index contributed by atoms with van der Waals surface area (Å²) in [4.78, 5) is 29.4. The summed E-state index contributed by atoms with van der Waals surface area (Å²) >= 11 is 0. The topological polar surface area (TPSA) is 79.2 Å². The number of nitrogens with zero attached hydrogens (tertiary/aromatic N) is 6. The Morgan fingerprint density at radius 3 is 2.85 bits per heavy atom. The van der Waals surface area contributed by atoms with Crippen LogP contribution < -0.4 is 10.2 Å². The van der Waals surface area contributed by atoms with Crippen LogP contribution in [0.25, 0.3) is 0 Å². The van der Waals surface area contributed by atoms with Gasteiger partial charge in [0.2, 0.25) is 0 Å². The molecule has 0 aromatic carbocycles. The molecule has 26 heavy (non-hydrogen) atoms. The molecule has 1 amide bonds. The fourth-order valence-corrected chi connectivity index (χ4v) is 3.09. The van der Waals surface area contributed by atoms with Crippen LogP contribution in [0.3, 0.4) is 0 Å². The molecule has 2 aromatic rings. The van der Waals surface area contributed by atoms with Gasteiger partial charge in [-0.1, -0.05) is 0 Å². The van der Waals surface area contributed by atoms with E-state index < -0.39 is 0 Å². The maximum absolute atomic E-state index is 12.5. The number of hydrogen-bond acceptors (Lipinski definition) is 6. The third kappa shape index (κ3) is 4.57. The molecule has 8 nitrogen and oxygen atoms in total. The molecule has 2 aromatic heterocycles. The van der Waals surface area contributed by atoms with Crippen molar-refractivity contribution in [2.75, 3.05) is 44.7 Å². The number of nitrogens with one attached hydrogen (secondary N) is 1. The van der Waals surface area contributed by atoms with Crippen LogP contribution in [-0.4, -0.2) is 70.1 Å². The fraction of sp³-hybridized carbons (Fsp3) is 0.556. The van der Waals surface area contributed by atoms with E-state index in [1.807, 2.05) is 13.1 Å². The Bertz CT molecular complexity index is 705. The molecule has 1 N–H and O–H groups in total. The van der Waals surface area contributed by atoms with Gasteiger partial charge in [-0.2, -0.15) is 0 Å². The second-order valence-corrected chi connectivity index (χ2v) is 6.60. The van der Waals surface area contributed by atoms with Gasteiger partial charge in [-0.25, -0.2) is 15.0 Å². The summed E-state index contributed by atoms with van der Waals surface area (Å²) in [6.45, 7) is 7.34. The Morgan fingerprint density at radius 2 is 2.12 bits per heavy atom. The van der Waals surface area contributed by atoms with Crippen LogP contribution in [0.1, 0.15) is 29.2 Å². The van der Waals surface area contributed by atoms with Gasteiger partial charge in [-0.3, -0.25) is 4.79 Å². The molecule has 1 fully saturated rings. The number of carbonyl (C=O) groups is 1.